The van der Waals surface area contributed by atoms with E-state index in [2.05, 4.69) is 42.0 Å². The number of benzene rings is 1. The Kier molecular flexibility index (Phi) is 9.66. The van der Waals surface area contributed by atoms with Crippen molar-refractivity contribution in [2.24, 2.45) is 10.7 Å². The molecule has 1 aromatic carbocycles. The number of aliphatic imine (C=N–C) groups is 1. The zero-order valence-electron chi connectivity index (χ0n) is 17.2. The second-order valence-corrected chi connectivity index (χ2v) is 7.46. The van der Waals surface area contributed by atoms with E-state index in [1.54, 1.807) is 14.2 Å². The molecule has 0 radical (unpaired) electrons. The zero-order chi connectivity index (χ0) is 19.2. The Morgan fingerprint density at radius 2 is 2.00 bits per heavy atom. The van der Waals surface area contributed by atoms with Gasteiger partial charge in [-0.15, -0.1) is 24.0 Å². The molecule has 0 amide bonds. The van der Waals surface area contributed by atoms with Crippen molar-refractivity contribution in [1.29, 1.82) is 0 Å². The second kappa shape index (κ2) is 10.9. The average Bonchev–Trinajstić information content (AvgIpc) is 3.11. The molecule has 0 spiro atoms. The van der Waals surface area contributed by atoms with Gasteiger partial charge in [0.25, 0.3) is 0 Å². The van der Waals surface area contributed by atoms with Crippen LogP contribution in [0.15, 0.2) is 23.2 Å². The number of ether oxygens (including phenoxy) is 2. The van der Waals surface area contributed by atoms with Gasteiger partial charge in [0.05, 0.1) is 20.8 Å². The van der Waals surface area contributed by atoms with E-state index in [9.17, 15) is 0 Å². The van der Waals surface area contributed by atoms with Gasteiger partial charge in [-0.1, -0.05) is 26.8 Å². The number of nitrogens with two attached hydrogens (primary N) is 1. The summed E-state index contributed by atoms with van der Waals surface area (Å²) in [6.45, 7) is 10.3. The number of likely N-dealkylation sites (N-methyl/N-ethyl adjacent to an activating group) is 1. The van der Waals surface area contributed by atoms with E-state index in [1.165, 1.54) is 19.4 Å². The van der Waals surface area contributed by atoms with Gasteiger partial charge in [0.1, 0.15) is 0 Å². The lowest BCUT2D eigenvalue weighted by atomic mass is 9.84. The van der Waals surface area contributed by atoms with Crippen LogP contribution in [0.3, 0.4) is 0 Å². The molecule has 1 fully saturated rings. The molecule has 1 atom stereocenters. The van der Waals surface area contributed by atoms with Gasteiger partial charge in [-0.25, -0.2) is 0 Å². The van der Waals surface area contributed by atoms with Crippen LogP contribution in [0.2, 0.25) is 0 Å². The Morgan fingerprint density at radius 1 is 1.30 bits per heavy atom. The zero-order valence-corrected chi connectivity index (χ0v) is 19.6. The molecule has 7 heteroatoms. The lowest BCUT2D eigenvalue weighted by Gasteiger charge is -2.25. The maximum absolute atomic E-state index is 6.10. The molecule has 1 heterocycles. The predicted molar refractivity (Wildman–Crippen MR) is 123 cm³/mol. The third kappa shape index (κ3) is 6.41. The number of likely N-dealkylation sites (tertiary alicyclic amines) is 1. The highest BCUT2D eigenvalue weighted by atomic mass is 127. The Bertz CT molecular complexity index is 622. The van der Waals surface area contributed by atoms with Crippen molar-refractivity contribution in [3.8, 4) is 11.5 Å². The molecule has 1 aliphatic heterocycles. The van der Waals surface area contributed by atoms with Gasteiger partial charge in [-0.05, 0) is 43.6 Å². The van der Waals surface area contributed by atoms with Crippen LogP contribution in [0, 0.1) is 0 Å². The van der Waals surface area contributed by atoms with Crippen molar-refractivity contribution in [2.45, 2.75) is 45.1 Å². The topological polar surface area (TPSA) is 72.1 Å². The minimum Gasteiger partial charge on any atom is -0.493 e. The Balaban J connectivity index is 0.00000364. The predicted octanol–water partition coefficient (Wildman–Crippen LogP) is 2.99. The number of rotatable bonds is 8. The fourth-order valence-corrected chi connectivity index (χ4v) is 3.45. The summed E-state index contributed by atoms with van der Waals surface area (Å²) in [7, 11) is 3.29. The molecule has 2 rings (SSSR count). The normalized spacial score (nSPS) is 18.1. The molecule has 3 N–H and O–H groups in total. The first kappa shape index (κ1) is 23.8. The quantitative estimate of drug-likeness (QED) is 0.333. The fraction of sp³-hybridized carbons (Fsp3) is 0.650. The first-order chi connectivity index (χ1) is 12.4. The van der Waals surface area contributed by atoms with Crippen molar-refractivity contribution in [3.63, 3.8) is 0 Å². The molecule has 154 valence electrons. The number of hydrogen-bond donors (Lipinski definition) is 2. The molecule has 1 unspecified atom stereocenters. The molecule has 27 heavy (non-hydrogen) atoms. The smallest absolute Gasteiger partial charge is 0.188 e. The van der Waals surface area contributed by atoms with E-state index in [0.717, 1.165) is 30.2 Å². The van der Waals surface area contributed by atoms with Gasteiger partial charge in [0.15, 0.2) is 17.5 Å². The van der Waals surface area contributed by atoms with E-state index in [4.69, 9.17) is 15.2 Å². The summed E-state index contributed by atoms with van der Waals surface area (Å²) < 4.78 is 10.7. The maximum atomic E-state index is 6.10. The van der Waals surface area contributed by atoms with Crippen LogP contribution in [0.1, 0.15) is 39.2 Å². The summed E-state index contributed by atoms with van der Waals surface area (Å²) in [4.78, 5) is 7.07. The summed E-state index contributed by atoms with van der Waals surface area (Å²) in [6.07, 6.45) is 2.49. The van der Waals surface area contributed by atoms with Crippen molar-refractivity contribution in [3.05, 3.63) is 23.8 Å². The summed E-state index contributed by atoms with van der Waals surface area (Å²) in [5, 5.41) is 3.30. The number of guanidine groups is 1. The van der Waals surface area contributed by atoms with Gasteiger partial charge in [-0.2, -0.15) is 0 Å². The molecule has 0 bridgehead atoms. The van der Waals surface area contributed by atoms with Gasteiger partial charge in [0, 0.05) is 18.0 Å². The number of nitrogens with one attached hydrogen (secondary N) is 1. The Morgan fingerprint density at radius 3 is 2.63 bits per heavy atom. The first-order valence-corrected chi connectivity index (χ1v) is 9.41. The molecule has 6 nitrogen and oxygen atoms in total. The molecular weight excluding hydrogens is 455 g/mol. The van der Waals surface area contributed by atoms with Crippen molar-refractivity contribution in [2.75, 3.05) is 40.4 Å². The van der Waals surface area contributed by atoms with Crippen molar-refractivity contribution in [1.82, 2.24) is 10.2 Å². The minimum atomic E-state index is -0.158. The van der Waals surface area contributed by atoms with E-state index in [-0.39, 0.29) is 29.4 Å². The van der Waals surface area contributed by atoms with Crippen molar-refractivity contribution >= 4 is 29.9 Å². The van der Waals surface area contributed by atoms with E-state index in [1.807, 2.05) is 12.1 Å². The Labute approximate surface area is 180 Å². The molecule has 1 saturated heterocycles. The monoisotopic (exact) mass is 490 g/mol. The molecule has 0 aromatic heterocycles. The van der Waals surface area contributed by atoms with Crippen LogP contribution >= 0.6 is 24.0 Å². The molecule has 1 aliphatic rings. The summed E-state index contributed by atoms with van der Waals surface area (Å²) >= 11 is 0. The second-order valence-electron chi connectivity index (χ2n) is 7.46. The van der Waals surface area contributed by atoms with Crippen molar-refractivity contribution < 1.29 is 9.47 Å². The number of nitrogens with zero attached hydrogens (tertiary/aromatic N) is 2. The van der Waals surface area contributed by atoms with Gasteiger partial charge >= 0.3 is 0 Å². The van der Waals surface area contributed by atoms with Gasteiger partial charge in [-0.3, -0.25) is 9.89 Å². The van der Waals surface area contributed by atoms with Crippen LogP contribution in [-0.4, -0.2) is 57.3 Å². The van der Waals surface area contributed by atoms with Crippen LogP contribution in [-0.2, 0) is 5.41 Å². The molecule has 0 aliphatic carbocycles. The SMILES string of the molecule is CCN1CCCC1CNC(N)=NCC(C)(C)c1ccc(OC)c(OC)c1.I. The highest BCUT2D eigenvalue weighted by Crippen LogP contribution is 2.33. The summed E-state index contributed by atoms with van der Waals surface area (Å²) in [5.41, 5.74) is 7.08. The highest BCUT2D eigenvalue weighted by molar-refractivity contribution is 14.0. The highest BCUT2D eigenvalue weighted by Gasteiger charge is 2.24. The van der Waals surface area contributed by atoms with Crippen LogP contribution in [0.5, 0.6) is 11.5 Å². The van der Waals surface area contributed by atoms with E-state index >= 15 is 0 Å². The fourth-order valence-electron chi connectivity index (χ4n) is 3.45. The third-order valence-electron chi connectivity index (χ3n) is 5.23. The van der Waals surface area contributed by atoms with Crippen LogP contribution in [0.25, 0.3) is 0 Å². The maximum Gasteiger partial charge on any atom is 0.188 e. The minimum absolute atomic E-state index is 0. The van der Waals surface area contributed by atoms with Gasteiger partial charge < -0.3 is 20.5 Å². The largest absolute Gasteiger partial charge is 0.493 e. The van der Waals surface area contributed by atoms with E-state index in [0.29, 0.717) is 18.5 Å². The van der Waals surface area contributed by atoms with Crippen LogP contribution in [0.4, 0.5) is 0 Å². The molecule has 1 aromatic rings. The lowest BCUT2D eigenvalue weighted by molar-refractivity contribution is 0.267. The number of hydrogen-bond acceptors (Lipinski definition) is 4. The average molecular weight is 490 g/mol. The van der Waals surface area contributed by atoms with E-state index < -0.39 is 0 Å². The summed E-state index contributed by atoms with van der Waals surface area (Å²) in [6, 6.07) is 6.56. The third-order valence-corrected chi connectivity index (χ3v) is 5.23. The lowest BCUT2D eigenvalue weighted by Crippen LogP contribution is -2.43. The Hall–Kier alpha value is -1.22. The number of halogens is 1. The molecule has 0 saturated carbocycles. The standard InChI is InChI=1S/C20H34N4O2.HI/c1-6-24-11-7-8-16(24)13-22-19(21)23-14-20(2,3)15-9-10-17(25-4)18(12-15)26-5;/h9-10,12,16H,6-8,11,13-14H2,1-5H3,(H3,21,22,23);1H. The first-order valence-electron chi connectivity index (χ1n) is 9.41. The summed E-state index contributed by atoms with van der Waals surface area (Å²) in [5.74, 6) is 1.98. The van der Waals surface area contributed by atoms with Crippen LogP contribution < -0.4 is 20.5 Å². The number of methoxy groups -OCH3 is 2. The van der Waals surface area contributed by atoms with Gasteiger partial charge in [0.2, 0.25) is 0 Å². The molecular formula is C20H35IN4O2.